The average molecular weight is 314 g/mol. The minimum absolute atomic E-state index is 0.330. The molecule has 3 aliphatic rings. The first-order valence-corrected chi connectivity index (χ1v) is 7.09. The molecule has 0 spiro atoms. The summed E-state index contributed by atoms with van der Waals surface area (Å²) in [4.78, 5) is 7.74. The van der Waals surface area contributed by atoms with E-state index in [0.29, 0.717) is 22.9 Å². The molecule has 1 aromatic rings. The third-order valence-corrected chi connectivity index (χ3v) is 4.14. The minimum Gasteiger partial charge on any atom is -0.388 e. The first-order valence-electron chi connectivity index (χ1n) is 6.30. The number of piperidine rings is 3. The first kappa shape index (κ1) is 12.2. The zero-order valence-electron chi connectivity index (χ0n) is 10.1. The third-order valence-electron chi connectivity index (χ3n) is 3.77. The Morgan fingerprint density at radius 2 is 2.39 bits per heavy atom. The summed E-state index contributed by atoms with van der Waals surface area (Å²) >= 11 is 3.22. The van der Waals surface area contributed by atoms with Crippen molar-refractivity contribution in [1.82, 2.24) is 10.1 Å². The van der Waals surface area contributed by atoms with Crippen molar-refractivity contribution in [2.24, 2.45) is 17.0 Å². The summed E-state index contributed by atoms with van der Waals surface area (Å²) in [7, 11) is 0. The van der Waals surface area contributed by atoms with Crippen LogP contribution in [0.2, 0.25) is 0 Å². The number of aromatic nitrogens is 1. The number of hydrogen-bond donors (Lipinski definition) is 0. The Bertz CT molecular complexity index is 427. The van der Waals surface area contributed by atoms with Gasteiger partial charge in [0.15, 0.2) is 12.4 Å². The Morgan fingerprint density at radius 1 is 1.56 bits per heavy atom. The molecule has 0 radical (unpaired) electrons. The monoisotopic (exact) mass is 313 g/mol. The van der Waals surface area contributed by atoms with Gasteiger partial charge in [-0.3, -0.25) is 0 Å². The van der Waals surface area contributed by atoms with Gasteiger partial charge in [-0.05, 0) is 47.8 Å². The second-order valence-corrected chi connectivity index (χ2v) is 5.76. The lowest BCUT2D eigenvalue weighted by atomic mass is 9.80. The minimum atomic E-state index is 0.330. The number of oxime groups is 1. The fraction of sp³-hybridized carbons (Fsp3) is 0.667. The lowest BCUT2D eigenvalue weighted by molar-refractivity contribution is 0.0762. The lowest BCUT2D eigenvalue weighted by Crippen LogP contribution is -2.47. The van der Waals surface area contributed by atoms with Crippen LogP contribution < -0.4 is 0 Å². The molecule has 2 bridgehead atoms. The van der Waals surface area contributed by atoms with Gasteiger partial charge in [0.05, 0.1) is 0 Å². The van der Waals surface area contributed by atoms with Crippen molar-refractivity contribution in [2.75, 3.05) is 19.6 Å². The summed E-state index contributed by atoms with van der Waals surface area (Å²) in [5, 5.41) is 7.78. The highest BCUT2D eigenvalue weighted by Crippen LogP contribution is 2.31. The largest absolute Gasteiger partial charge is 0.388 e. The van der Waals surface area contributed by atoms with Crippen LogP contribution in [0.15, 0.2) is 20.3 Å². The zero-order chi connectivity index (χ0) is 12.4. The van der Waals surface area contributed by atoms with Gasteiger partial charge >= 0.3 is 0 Å². The second kappa shape index (κ2) is 5.40. The molecule has 1 atom stereocenters. The van der Waals surface area contributed by atoms with Crippen molar-refractivity contribution < 1.29 is 9.36 Å². The molecule has 1 unspecified atom stereocenters. The van der Waals surface area contributed by atoms with Crippen molar-refractivity contribution in [2.45, 2.75) is 19.4 Å². The highest BCUT2D eigenvalue weighted by molar-refractivity contribution is 9.10. The van der Waals surface area contributed by atoms with Crippen LogP contribution in [-0.4, -0.2) is 35.9 Å². The molecular formula is C12H16BrN3O2. The fourth-order valence-corrected chi connectivity index (χ4v) is 3.09. The molecule has 1 aromatic heterocycles. The molecular weight excluding hydrogens is 298 g/mol. The normalized spacial score (nSPS) is 31.1. The molecule has 3 fully saturated rings. The first-order chi connectivity index (χ1) is 8.81. The molecule has 0 saturated carbocycles. The van der Waals surface area contributed by atoms with Crippen LogP contribution in [-0.2, 0) is 11.4 Å². The van der Waals surface area contributed by atoms with E-state index in [1.165, 1.54) is 25.9 Å². The molecule has 18 heavy (non-hydrogen) atoms. The van der Waals surface area contributed by atoms with Crippen LogP contribution in [0.4, 0.5) is 0 Å². The van der Waals surface area contributed by atoms with Gasteiger partial charge in [0.25, 0.3) is 0 Å². The van der Waals surface area contributed by atoms with Crippen LogP contribution in [0, 0.1) is 11.8 Å². The van der Waals surface area contributed by atoms with E-state index in [1.807, 2.05) is 6.21 Å². The van der Waals surface area contributed by atoms with E-state index in [4.69, 9.17) is 9.36 Å². The van der Waals surface area contributed by atoms with Gasteiger partial charge in [-0.25, -0.2) is 0 Å². The van der Waals surface area contributed by atoms with Gasteiger partial charge in [-0.1, -0.05) is 10.3 Å². The summed E-state index contributed by atoms with van der Waals surface area (Å²) < 4.78 is 5.68. The van der Waals surface area contributed by atoms with E-state index >= 15 is 0 Å². The van der Waals surface area contributed by atoms with Gasteiger partial charge in [-0.2, -0.15) is 0 Å². The van der Waals surface area contributed by atoms with Crippen LogP contribution >= 0.6 is 15.9 Å². The van der Waals surface area contributed by atoms with Gasteiger partial charge in [0, 0.05) is 24.7 Å². The van der Waals surface area contributed by atoms with Crippen molar-refractivity contribution in [1.29, 1.82) is 0 Å². The SMILES string of the molecule is Brc1cc(CON=CC2CN3CCC2CC3)on1. The number of fused-ring (bicyclic) bond motifs is 3. The third kappa shape index (κ3) is 2.75. The molecule has 0 aliphatic carbocycles. The Morgan fingerprint density at radius 3 is 3.00 bits per heavy atom. The second-order valence-electron chi connectivity index (χ2n) is 4.95. The van der Waals surface area contributed by atoms with Crippen LogP contribution in [0.3, 0.4) is 0 Å². The van der Waals surface area contributed by atoms with E-state index in [0.717, 1.165) is 12.5 Å². The Kier molecular flexibility index (Phi) is 3.65. The number of halogens is 1. The van der Waals surface area contributed by atoms with Crippen molar-refractivity contribution >= 4 is 22.1 Å². The van der Waals surface area contributed by atoms with Crippen LogP contribution in [0.1, 0.15) is 18.6 Å². The highest BCUT2D eigenvalue weighted by atomic mass is 79.9. The summed E-state index contributed by atoms with van der Waals surface area (Å²) in [5.41, 5.74) is 0. The molecule has 4 heterocycles. The van der Waals surface area contributed by atoms with E-state index < -0.39 is 0 Å². The van der Waals surface area contributed by atoms with Gasteiger partial charge in [0.2, 0.25) is 0 Å². The van der Waals surface area contributed by atoms with Crippen LogP contribution in [0.5, 0.6) is 0 Å². The molecule has 98 valence electrons. The topological polar surface area (TPSA) is 50.9 Å². The average Bonchev–Trinajstić information content (AvgIpc) is 2.82. The predicted molar refractivity (Wildman–Crippen MR) is 70.1 cm³/mol. The molecule has 3 saturated heterocycles. The van der Waals surface area contributed by atoms with E-state index in [9.17, 15) is 0 Å². The molecule has 0 N–H and O–H groups in total. The van der Waals surface area contributed by atoms with Gasteiger partial charge < -0.3 is 14.3 Å². The molecule has 0 aromatic carbocycles. The van der Waals surface area contributed by atoms with Gasteiger partial charge in [0.1, 0.15) is 4.60 Å². The van der Waals surface area contributed by atoms with E-state index in [-0.39, 0.29) is 0 Å². The Hall–Kier alpha value is -0.880. The molecule has 6 heteroatoms. The van der Waals surface area contributed by atoms with Crippen LogP contribution in [0.25, 0.3) is 0 Å². The van der Waals surface area contributed by atoms with Crippen molar-refractivity contribution in [3.05, 3.63) is 16.4 Å². The standard InChI is InChI=1S/C12H16BrN3O2/c13-12-5-11(18-15-12)8-17-14-6-10-7-16-3-1-9(10)2-4-16/h5-6,9-10H,1-4,7-8H2. The highest BCUT2D eigenvalue weighted by Gasteiger charge is 2.33. The molecule has 4 rings (SSSR count). The lowest BCUT2D eigenvalue weighted by Gasteiger charge is -2.43. The summed E-state index contributed by atoms with van der Waals surface area (Å²) in [6.07, 6.45) is 4.55. The Balaban J connectivity index is 1.46. The molecule has 0 amide bonds. The van der Waals surface area contributed by atoms with E-state index in [2.05, 4.69) is 31.1 Å². The predicted octanol–water partition coefficient (Wildman–Crippen LogP) is 2.28. The Labute approximate surface area is 114 Å². The summed E-state index contributed by atoms with van der Waals surface area (Å²) in [6, 6.07) is 1.78. The summed E-state index contributed by atoms with van der Waals surface area (Å²) in [5.74, 6) is 2.02. The molecule has 5 nitrogen and oxygen atoms in total. The number of nitrogens with zero attached hydrogens (tertiary/aromatic N) is 3. The number of rotatable bonds is 4. The quantitative estimate of drug-likeness (QED) is 0.632. The number of hydrogen-bond acceptors (Lipinski definition) is 5. The summed E-state index contributed by atoms with van der Waals surface area (Å²) in [6.45, 7) is 3.96. The smallest absolute Gasteiger partial charge is 0.178 e. The zero-order valence-corrected chi connectivity index (χ0v) is 11.7. The molecule has 3 aliphatic heterocycles. The van der Waals surface area contributed by atoms with E-state index in [1.54, 1.807) is 6.07 Å². The van der Waals surface area contributed by atoms with Gasteiger partial charge in [-0.15, -0.1) is 0 Å². The van der Waals surface area contributed by atoms with Crippen molar-refractivity contribution in [3.8, 4) is 0 Å². The maximum absolute atomic E-state index is 5.24. The maximum Gasteiger partial charge on any atom is 0.178 e. The van der Waals surface area contributed by atoms with Crippen molar-refractivity contribution in [3.63, 3.8) is 0 Å². The fourth-order valence-electron chi connectivity index (χ4n) is 2.76. The maximum atomic E-state index is 5.24.